The molecule has 1 heterocycles. The predicted molar refractivity (Wildman–Crippen MR) is 85.0 cm³/mol. The molecular weight excluding hydrogens is 266 g/mol. The Morgan fingerprint density at radius 3 is 2.19 bits per heavy atom. The number of hydrogen-bond acceptors (Lipinski definition) is 4. The van der Waals surface area contributed by atoms with Gasteiger partial charge in [-0.15, -0.1) is 0 Å². The third-order valence-electron chi connectivity index (χ3n) is 3.71. The number of benzene rings is 1. The van der Waals surface area contributed by atoms with Crippen LogP contribution in [0.3, 0.4) is 0 Å². The number of nitro benzene ring substituents is 1. The van der Waals surface area contributed by atoms with Gasteiger partial charge in [0.05, 0.1) is 11.0 Å². The van der Waals surface area contributed by atoms with E-state index in [1.54, 1.807) is 12.1 Å². The van der Waals surface area contributed by atoms with Gasteiger partial charge in [0, 0.05) is 29.4 Å². The Bertz CT molecular complexity index is 531. The maximum atomic E-state index is 10.6. The SMILES string of the molecule is CC1(C)CC(N=Cc2ccc([N+](=O)[O-])cc2)CC(C)(C)N1. The van der Waals surface area contributed by atoms with Crippen LogP contribution < -0.4 is 5.32 Å². The molecule has 0 atom stereocenters. The van der Waals surface area contributed by atoms with Crippen LogP contribution in [-0.2, 0) is 0 Å². The van der Waals surface area contributed by atoms with Crippen molar-refractivity contribution < 1.29 is 4.92 Å². The van der Waals surface area contributed by atoms with Gasteiger partial charge in [-0.3, -0.25) is 15.1 Å². The molecule has 0 aromatic heterocycles. The van der Waals surface area contributed by atoms with E-state index in [0.29, 0.717) is 0 Å². The second-order valence-electron chi connectivity index (χ2n) is 7.08. The van der Waals surface area contributed by atoms with Crippen LogP contribution in [0.1, 0.15) is 46.1 Å². The summed E-state index contributed by atoms with van der Waals surface area (Å²) in [5, 5.41) is 14.3. The zero-order valence-corrected chi connectivity index (χ0v) is 13.1. The van der Waals surface area contributed by atoms with Gasteiger partial charge in [-0.05, 0) is 58.2 Å². The average molecular weight is 289 g/mol. The quantitative estimate of drug-likeness (QED) is 0.527. The van der Waals surface area contributed by atoms with E-state index in [0.717, 1.165) is 18.4 Å². The minimum atomic E-state index is -0.390. The molecule has 1 fully saturated rings. The van der Waals surface area contributed by atoms with Crippen molar-refractivity contribution >= 4 is 11.9 Å². The Morgan fingerprint density at radius 2 is 1.71 bits per heavy atom. The maximum absolute atomic E-state index is 10.6. The first kappa shape index (κ1) is 15.6. The van der Waals surface area contributed by atoms with Gasteiger partial charge in [0.2, 0.25) is 0 Å². The molecule has 0 aliphatic carbocycles. The fourth-order valence-corrected chi connectivity index (χ4v) is 3.25. The van der Waals surface area contributed by atoms with Gasteiger partial charge in [0.1, 0.15) is 0 Å². The summed E-state index contributed by atoms with van der Waals surface area (Å²) in [6, 6.07) is 6.76. The molecule has 2 rings (SSSR count). The summed E-state index contributed by atoms with van der Waals surface area (Å²) in [4.78, 5) is 14.9. The molecule has 1 aliphatic heterocycles. The number of nitrogens with one attached hydrogen (secondary N) is 1. The summed E-state index contributed by atoms with van der Waals surface area (Å²) in [6.07, 6.45) is 3.80. The number of rotatable bonds is 3. The van der Waals surface area contributed by atoms with Crippen LogP contribution in [0.4, 0.5) is 5.69 Å². The van der Waals surface area contributed by atoms with E-state index < -0.39 is 4.92 Å². The average Bonchev–Trinajstić information content (AvgIpc) is 2.33. The highest BCUT2D eigenvalue weighted by molar-refractivity contribution is 5.80. The first-order valence-corrected chi connectivity index (χ1v) is 7.24. The minimum Gasteiger partial charge on any atom is -0.307 e. The van der Waals surface area contributed by atoms with E-state index in [4.69, 9.17) is 0 Å². The lowest BCUT2D eigenvalue weighted by Gasteiger charge is -2.45. The van der Waals surface area contributed by atoms with Crippen molar-refractivity contribution in [3.63, 3.8) is 0 Å². The number of piperidine rings is 1. The van der Waals surface area contributed by atoms with Crippen LogP contribution >= 0.6 is 0 Å². The van der Waals surface area contributed by atoms with Gasteiger partial charge in [-0.2, -0.15) is 0 Å². The molecule has 5 nitrogen and oxygen atoms in total. The summed E-state index contributed by atoms with van der Waals surface area (Å²) in [6.45, 7) is 8.79. The third kappa shape index (κ3) is 4.36. The van der Waals surface area contributed by atoms with Crippen molar-refractivity contribution in [1.29, 1.82) is 0 Å². The molecule has 1 aromatic carbocycles. The lowest BCUT2D eigenvalue weighted by atomic mass is 9.80. The molecular formula is C16H23N3O2. The highest BCUT2D eigenvalue weighted by atomic mass is 16.6. The van der Waals surface area contributed by atoms with Crippen LogP contribution in [0.15, 0.2) is 29.3 Å². The Morgan fingerprint density at radius 1 is 1.19 bits per heavy atom. The molecule has 0 bridgehead atoms. The topological polar surface area (TPSA) is 67.5 Å². The molecule has 0 amide bonds. The maximum Gasteiger partial charge on any atom is 0.269 e. The fraction of sp³-hybridized carbons (Fsp3) is 0.562. The normalized spacial score (nSPS) is 21.5. The van der Waals surface area contributed by atoms with E-state index in [2.05, 4.69) is 38.0 Å². The van der Waals surface area contributed by atoms with Crippen molar-refractivity contribution in [2.24, 2.45) is 4.99 Å². The second-order valence-corrected chi connectivity index (χ2v) is 7.08. The Labute approximate surface area is 125 Å². The third-order valence-corrected chi connectivity index (χ3v) is 3.71. The van der Waals surface area contributed by atoms with Crippen LogP contribution in [0.5, 0.6) is 0 Å². The number of nitro groups is 1. The monoisotopic (exact) mass is 289 g/mol. The van der Waals surface area contributed by atoms with Crippen LogP contribution in [0, 0.1) is 10.1 Å². The molecule has 1 aromatic rings. The van der Waals surface area contributed by atoms with Gasteiger partial charge < -0.3 is 5.32 Å². The number of nitrogens with zero attached hydrogens (tertiary/aromatic N) is 2. The van der Waals surface area contributed by atoms with Crippen molar-refractivity contribution in [3.05, 3.63) is 39.9 Å². The molecule has 0 spiro atoms. The van der Waals surface area contributed by atoms with Crippen LogP contribution in [0.25, 0.3) is 0 Å². The predicted octanol–water partition coefficient (Wildman–Crippen LogP) is 3.32. The Hall–Kier alpha value is -1.75. The lowest BCUT2D eigenvalue weighted by Crippen LogP contribution is -2.58. The lowest BCUT2D eigenvalue weighted by molar-refractivity contribution is -0.384. The van der Waals surface area contributed by atoms with E-state index >= 15 is 0 Å². The Kier molecular flexibility index (Phi) is 4.14. The van der Waals surface area contributed by atoms with Crippen molar-refractivity contribution in [3.8, 4) is 0 Å². The smallest absolute Gasteiger partial charge is 0.269 e. The van der Waals surface area contributed by atoms with Crippen molar-refractivity contribution in [2.45, 2.75) is 57.7 Å². The molecule has 1 N–H and O–H groups in total. The molecule has 5 heteroatoms. The van der Waals surface area contributed by atoms with Crippen molar-refractivity contribution in [2.75, 3.05) is 0 Å². The summed E-state index contributed by atoms with van der Waals surface area (Å²) in [5.74, 6) is 0. The minimum absolute atomic E-state index is 0.0687. The number of aliphatic imine (C=N–C) groups is 1. The number of hydrogen-bond donors (Lipinski definition) is 1. The second kappa shape index (κ2) is 5.56. The highest BCUT2D eigenvalue weighted by Crippen LogP contribution is 2.30. The van der Waals surface area contributed by atoms with Gasteiger partial charge in [0.25, 0.3) is 5.69 Å². The van der Waals surface area contributed by atoms with Gasteiger partial charge in [0.15, 0.2) is 0 Å². The summed E-state index contributed by atoms with van der Waals surface area (Å²) in [7, 11) is 0. The largest absolute Gasteiger partial charge is 0.307 e. The van der Waals surface area contributed by atoms with E-state index in [-0.39, 0.29) is 22.8 Å². The standard InChI is InChI=1S/C16H23N3O2/c1-15(2)9-13(10-16(3,4)18-15)17-11-12-5-7-14(8-6-12)19(20)21/h5-8,11,13,18H,9-10H2,1-4H3. The van der Waals surface area contributed by atoms with E-state index in [1.165, 1.54) is 12.1 Å². The molecule has 0 radical (unpaired) electrons. The van der Waals surface area contributed by atoms with Gasteiger partial charge >= 0.3 is 0 Å². The summed E-state index contributed by atoms with van der Waals surface area (Å²) < 4.78 is 0. The van der Waals surface area contributed by atoms with Gasteiger partial charge in [-0.25, -0.2) is 0 Å². The molecule has 114 valence electrons. The number of non-ortho nitro benzene ring substituents is 1. The molecule has 0 unspecified atom stereocenters. The Balaban J connectivity index is 2.08. The zero-order chi connectivity index (χ0) is 15.7. The van der Waals surface area contributed by atoms with Gasteiger partial charge in [-0.1, -0.05) is 0 Å². The van der Waals surface area contributed by atoms with Crippen LogP contribution in [-0.4, -0.2) is 28.3 Å². The zero-order valence-electron chi connectivity index (χ0n) is 13.1. The first-order chi connectivity index (χ1) is 9.67. The molecule has 0 saturated carbocycles. The summed E-state index contributed by atoms with van der Waals surface area (Å²) in [5.41, 5.74) is 1.14. The van der Waals surface area contributed by atoms with Crippen molar-refractivity contribution in [1.82, 2.24) is 5.32 Å². The molecule has 1 saturated heterocycles. The van der Waals surface area contributed by atoms with E-state index in [9.17, 15) is 10.1 Å². The highest BCUT2D eigenvalue weighted by Gasteiger charge is 2.37. The first-order valence-electron chi connectivity index (χ1n) is 7.24. The van der Waals surface area contributed by atoms with E-state index in [1.807, 2.05) is 6.21 Å². The summed E-state index contributed by atoms with van der Waals surface area (Å²) >= 11 is 0. The molecule has 21 heavy (non-hydrogen) atoms. The molecule has 1 aliphatic rings. The van der Waals surface area contributed by atoms with Crippen LogP contribution in [0.2, 0.25) is 0 Å². The fourth-order valence-electron chi connectivity index (χ4n) is 3.25.